The van der Waals surface area contributed by atoms with Crippen LogP contribution in [0.15, 0.2) is 161 Å². The van der Waals surface area contributed by atoms with Gasteiger partial charge in [0, 0.05) is 31.6 Å². The van der Waals surface area contributed by atoms with E-state index in [1.54, 1.807) is 0 Å². The van der Waals surface area contributed by atoms with Gasteiger partial charge in [-0.3, -0.25) is 0 Å². The van der Waals surface area contributed by atoms with Crippen molar-refractivity contribution in [3.63, 3.8) is 0 Å². The summed E-state index contributed by atoms with van der Waals surface area (Å²) in [6.07, 6.45) is 0. The molecule has 0 amide bonds. The van der Waals surface area contributed by atoms with Crippen LogP contribution in [0.4, 0.5) is 0 Å². The average molecular weight is 564 g/mol. The van der Waals surface area contributed by atoms with Crippen molar-refractivity contribution in [3.05, 3.63) is 174 Å². The van der Waals surface area contributed by atoms with E-state index in [2.05, 4.69) is 156 Å². The summed E-state index contributed by atoms with van der Waals surface area (Å²) in [6.45, 7) is 0. The second-order valence-electron chi connectivity index (χ2n) is 11.7. The monoisotopic (exact) mass is 563 g/mol. The summed E-state index contributed by atoms with van der Waals surface area (Å²) in [5.74, 6) is 0. The quantitative estimate of drug-likeness (QED) is 0.192. The van der Waals surface area contributed by atoms with Crippen LogP contribution in [0, 0.1) is 0 Å². The van der Waals surface area contributed by atoms with E-state index in [-0.39, 0.29) is 0 Å². The van der Waals surface area contributed by atoms with Crippen molar-refractivity contribution in [2.24, 2.45) is 0 Å². The number of hydrogen-bond donors (Lipinski definition) is 0. The highest BCUT2D eigenvalue weighted by Crippen LogP contribution is 2.62. The molecule has 7 aromatic carbocycles. The number of rotatable bonds is 1. The number of fused-ring (bicyclic) bond motifs is 14. The van der Waals surface area contributed by atoms with Gasteiger partial charge >= 0.3 is 0 Å². The molecule has 0 bridgehead atoms. The highest BCUT2D eigenvalue weighted by atomic mass is 32.2. The van der Waals surface area contributed by atoms with Crippen molar-refractivity contribution >= 4 is 44.3 Å². The molecule has 8 aromatic rings. The van der Waals surface area contributed by atoms with Crippen LogP contribution in [0.25, 0.3) is 49.4 Å². The Balaban J connectivity index is 1.44. The second-order valence-corrected chi connectivity index (χ2v) is 12.7. The van der Waals surface area contributed by atoms with Gasteiger partial charge in [-0.15, -0.1) is 0 Å². The number of benzene rings is 7. The molecule has 0 atom stereocenters. The standard InChI is InChI=1S/C41H25NS/c1-2-13-27(14-3-1)42-37-25-36-31(24-32(37)30-23-22-26-12-4-5-15-28(26)40(30)42)29-16-6-7-17-33(29)41(36)34-18-8-10-20-38(34)43-39-21-11-9-19-35(39)41/h1-25H. The van der Waals surface area contributed by atoms with Crippen molar-refractivity contribution in [2.75, 3.05) is 0 Å². The van der Waals surface area contributed by atoms with E-state index in [4.69, 9.17) is 0 Å². The number of aromatic nitrogens is 1. The summed E-state index contributed by atoms with van der Waals surface area (Å²) in [4.78, 5) is 2.66. The fourth-order valence-electron chi connectivity index (χ4n) is 7.97. The van der Waals surface area contributed by atoms with Crippen molar-refractivity contribution in [2.45, 2.75) is 15.2 Å². The zero-order chi connectivity index (χ0) is 28.1. The van der Waals surface area contributed by atoms with Gasteiger partial charge in [-0.25, -0.2) is 0 Å². The fourth-order valence-corrected chi connectivity index (χ4v) is 9.16. The molecule has 2 heterocycles. The van der Waals surface area contributed by atoms with Crippen molar-refractivity contribution in [3.8, 4) is 16.8 Å². The highest BCUT2D eigenvalue weighted by Gasteiger charge is 2.50. The summed E-state index contributed by atoms with van der Waals surface area (Å²) in [5, 5.41) is 5.12. The van der Waals surface area contributed by atoms with Gasteiger partial charge in [0.1, 0.15) is 0 Å². The molecule has 1 aliphatic carbocycles. The molecule has 0 saturated carbocycles. The normalized spacial score (nSPS) is 14.1. The maximum atomic E-state index is 2.52. The van der Waals surface area contributed by atoms with Crippen LogP contribution in [-0.4, -0.2) is 4.57 Å². The van der Waals surface area contributed by atoms with Gasteiger partial charge in [-0.1, -0.05) is 127 Å². The van der Waals surface area contributed by atoms with E-state index >= 15 is 0 Å². The van der Waals surface area contributed by atoms with Gasteiger partial charge in [0.25, 0.3) is 0 Å². The van der Waals surface area contributed by atoms with Crippen LogP contribution >= 0.6 is 11.8 Å². The first-order valence-electron chi connectivity index (χ1n) is 14.9. The Labute approximate surface area is 254 Å². The molecule has 1 aromatic heterocycles. The second kappa shape index (κ2) is 8.50. The zero-order valence-corrected chi connectivity index (χ0v) is 24.1. The van der Waals surface area contributed by atoms with Gasteiger partial charge in [-0.05, 0) is 75.2 Å². The van der Waals surface area contributed by atoms with Crippen LogP contribution in [0.2, 0.25) is 0 Å². The number of hydrogen-bond acceptors (Lipinski definition) is 1. The molecule has 0 radical (unpaired) electrons. The lowest BCUT2D eigenvalue weighted by Crippen LogP contribution is -2.31. The topological polar surface area (TPSA) is 4.93 Å². The van der Waals surface area contributed by atoms with Gasteiger partial charge in [0.2, 0.25) is 0 Å². The van der Waals surface area contributed by atoms with Crippen LogP contribution in [0.3, 0.4) is 0 Å². The molecule has 2 heteroatoms. The maximum absolute atomic E-state index is 2.52. The molecule has 0 fully saturated rings. The summed E-state index contributed by atoms with van der Waals surface area (Å²) >= 11 is 1.90. The Bertz CT molecular complexity index is 2390. The molecule has 0 unspecified atom stereocenters. The lowest BCUT2D eigenvalue weighted by Gasteiger charge is -2.39. The van der Waals surface area contributed by atoms with Crippen LogP contribution in [0.1, 0.15) is 22.3 Å². The molecule has 2 aliphatic rings. The maximum Gasteiger partial charge on any atom is 0.0736 e. The Morgan fingerprint density at radius 1 is 0.442 bits per heavy atom. The molecule has 1 nitrogen and oxygen atoms in total. The molecular formula is C41H25NS. The zero-order valence-electron chi connectivity index (χ0n) is 23.3. The van der Waals surface area contributed by atoms with Crippen molar-refractivity contribution in [1.29, 1.82) is 0 Å². The molecule has 1 aliphatic heterocycles. The van der Waals surface area contributed by atoms with E-state index < -0.39 is 5.41 Å². The minimum atomic E-state index is -0.390. The largest absolute Gasteiger partial charge is 0.309 e. The first-order valence-corrected chi connectivity index (χ1v) is 15.7. The first-order chi connectivity index (χ1) is 21.3. The van der Waals surface area contributed by atoms with E-state index in [9.17, 15) is 0 Å². The fraction of sp³-hybridized carbons (Fsp3) is 0.0244. The summed E-state index contributed by atoms with van der Waals surface area (Å²) in [5.41, 5.74) is 11.5. The van der Waals surface area contributed by atoms with E-state index in [0.717, 1.165) is 0 Å². The molecule has 200 valence electrons. The van der Waals surface area contributed by atoms with Crippen molar-refractivity contribution < 1.29 is 0 Å². The Hall–Kier alpha value is -5.05. The van der Waals surface area contributed by atoms with Crippen molar-refractivity contribution in [1.82, 2.24) is 4.57 Å². The smallest absolute Gasteiger partial charge is 0.0736 e. The van der Waals surface area contributed by atoms with Crippen LogP contribution in [0.5, 0.6) is 0 Å². The minimum absolute atomic E-state index is 0.390. The summed E-state index contributed by atoms with van der Waals surface area (Å²) in [7, 11) is 0. The van der Waals surface area contributed by atoms with Gasteiger partial charge in [0.15, 0.2) is 0 Å². The molecule has 0 saturated heterocycles. The van der Waals surface area contributed by atoms with Crippen LogP contribution in [-0.2, 0) is 5.41 Å². The molecule has 10 rings (SSSR count). The van der Waals surface area contributed by atoms with Gasteiger partial charge in [0.05, 0.1) is 16.4 Å². The SMILES string of the molecule is c1ccc(-n2c3cc4c(cc3c3ccc5ccccc5c32)-c2ccccc2C42c3ccccc3Sc3ccccc32)cc1. The molecule has 1 spiro atoms. The third-order valence-electron chi connectivity index (χ3n) is 9.63. The Morgan fingerprint density at radius 2 is 1.09 bits per heavy atom. The summed E-state index contributed by atoms with van der Waals surface area (Å²) < 4.78 is 2.50. The van der Waals surface area contributed by atoms with E-state index in [0.29, 0.717) is 0 Å². The van der Waals surface area contributed by atoms with E-state index in [1.807, 2.05) is 11.8 Å². The Morgan fingerprint density at radius 3 is 1.88 bits per heavy atom. The molecular weight excluding hydrogens is 539 g/mol. The van der Waals surface area contributed by atoms with Gasteiger partial charge < -0.3 is 4.57 Å². The molecule has 0 N–H and O–H groups in total. The number of nitrogens with zero attached hydrogens (tertiary/aromatic N) is 1. The lowest BCUT2D eigenvalue weighted by molar-refractivity contribution is 0.723. The number of para-hydroxylation sites is 1. The predicted octanol–water partition coefficient (Wildman–Crippen LogP) is 10.8. The van der Waals surface area contributed by atoms with Crippen LogP contribution < -0.4 is 0 Å². The first kappa shape index (κ1) is 23.5. The molecule has 43 heavy (non-hydrogen) atoms. The Kier molecular flexibility index (Phi) is 4.65. The summed E-state index contributed by atoms with van der Waals surface area (Å²) in [6, 6.07) is 56.4. The third kappa shape index (κ3) is 2.94. The third-order valence-corrected chi connectivity index (χ3v) is 10.8. The highest BCUT2D eigenvalue weighted by molar-refractivity contribution is 7.99. The average Bonchev–Trinajstić information content (AvgIpc) is 3.55. The lowest BCUT2D eigenvalue weighted by atomic mass is 9.67. The van der Waals surface area contributed by atoms with E-state index in [1.165, 1.54) is 81.4 Å². The predicted molar refractivity (Wildman–Crippen MR) is 180 cm³/mol. The van der Waals surface area contributed by atoms with Gasteiger partial charge in [-0.2, -0.15) is 0 Å². The minimum Gasteiger partial charge on any atom is -0.309 e.